The number of aromatic nitrogens is 3. The van der Waals surface area contributed by atoms with E-state index in [1.807, 2.05) is 36.8 Å². The van der Waals surface area contributed by atoms with Crippen LogP contribution < -0.4 is 10.6 Å². The first-order valence-electron chi connectivity index (χ1n) is 11.3. The summed E-state index contributed by atoms with van der Waals surface area (Å²) in [6.45, 7) is 3.67. The summed E-state index contributed by atoms with van der Waals surface area (Å²) in [6, 6.07) is 14.4. The molecule has 5 rings (SSSR count). The molecular weight excluding hydrogens is 398 g/mol. The van der Waals surface area contributed by atoms with Crippen molar-refractivity contribution in [3.05, 3.63) is 78.4 Å². The van der Waals surface area contributed by atoms with Gasteiger partial charge in [0.15, 0.2) is 0 Å². The maximum atomic E-state index is 12.6. The number of hydrogen-bond acceptors (Lipinski definition) is 4. The van der Waals surface area contributed by atoms with E-state index in [0.29, 0.717) is 12.5 Å². The van der Waals surface area contributed by atoms with E-state index >= 15 is 0 Å². The Morgan fingerprint density at radius 2 is 2.12 bits per heavy atom. The summed E-state index contributed by atoms with van der Waals surface area (Å²) < 4.78 is 1.72. The Hall–Kier alpha value is -3.67. The minimum atomic E-state index is -0.0659. The molecular formula is C26H27N5O. The van der Waals surface area contributed by atoms with E-state index in [2.05, 4.69) is 51.8 Å². The zero-order valence-electron chi connectivity index (χ0n) is 18.2. The summed E-state index contributed by atoms with van der Waals surface area (Å²) >= 11 is 0. The second-order valence-electron chi connectivity index (χ2n) is 8.31. The van der Waals surface area contributed by atoms with Crippen LogP contribution in [0.15, 0.2) is 67.3 Å². The van der Waals surface area contributed by atoms with Gasteiger partial charge in [-0.05, 0) is 42.7 Å². The molecule has 4 heterocycles. The fourth-order valence-electron chi connectivity index (χ4n) is 4.45. The molecule has 1 amide bonds. The van der Waals surface area contributed by atoms with Gasteiger partial charge in [-0.25, -0.2) is 9.78 Å². The molecule has 162 valence electrons. The van der Waals surface area contributed by atoms with Gasteiger partial charge in [-0.2, -0.15) is 0 Å². The zero-order chi connectivity index (χ0) is 21.9. The highest BCUT2D eigenvalue weighted by Gasteiger charge is 2.25. The van der Waals surface area contributed by atoms with Gasteiger partial charge in [0, 0.05) is 65.9 Å². The lowest BCUT2D eigenvalue weighted by molar-refractivity contribution is 0.243. The minimum Gasteiger partial charge on any atom is -0.369 e. The van der Waals surface area contributed by atoms with Crippen LogP contribution in [0.25, 0.3) is 22.0 Å². The van der Waals surface area contributed by atoms with Gasteiger partial charge < -0.3 is 10.6 Å². The lowest BCUT2D eigenvalue weighted by atomic mass is 9.92. The molecule has 1 aliphatic heterocycles. The van der Waals surface area contributed by atoms with E-state index in [1.165, 1.54) is 11.1 Å². The largest absolute Gasteiger partial charge is 0.369 e. The topological polar surface area (TPSA) is 71.8 Å². The lowest BCUT2D eigenvalue weighted by Gasteiger charge is -2.13. The molecule has 0 bridgehead atoms. The molecule has 0 spiro atoms. The van der Waals surface area contributed by atoms with E-state index in [1.54, 1.807) is 10.8 Å². The number of nitrogens with zero attached hydrogens (tertiary/aromatic N) is 3. The van der Waals surface area contributed by atoms with Gasteiger partial charge in [-0.15, -0.1) is 0 Å². The lowest BCUT2D eigenvalue weighted by Crippen LogP contribution is -2.28. The third-order valence-electron chi connectivity index (χ3n) is 6.18. The first kappa shape index (κ1) is 20.2. The predicted molar refractivity (Wildman–Crippen MR) is 128 cm³/mol. The maximum Gasteiger partial charge on any atom is 0.326 e. The molecule has 0 saturated heterocycles. The smallest absolute Gasteiger partial charge is 0.326 e. The minimum absolute atomic E-state index is 0.0659. The number of pyridine rings is 2. The van der Waals surface area contributed by atoms with Crippen LogP contribution in [0.3, 0.4) is 0 Å². The molecule has 6 heteroatoms. The standard InChI is InChI=1S/C26H27N5O/c1-2-3-11-28-26(32)31-12-9-22-18(6-4-8-24(22)31)13-21-17-30-25-23(21)14-20(16-29-25)19-7-5-10-27-15-19/h4-10,12,14-16,21H,2-3,11,13,17H2,1H3,(H,28,32)(H,29,30). The Morgan fingerprint density at radius 1 is 1.19 bits per heavy atom. The van der Waals surface area contributed by atoms with Gasteiger partial charge in [0.05, 0.1) is 5.52 Å². The molecule has 3 aromatic heterocycles. The normalized spacial score (nSPS) is 14.8. The van der Waals surface area contributed by atoms with Gasteiger partial charge in [-0.1, -0.05) is 31.5 Å². The number of hydrogen-bond donors (Lipinski definition) is 2. The molecule has 0 fully saturated rings. The first-order valence-corrected chi connectivity index (χ1v) is 11.3. The third kappa shape index (κ3) is 3.84. The summed E-state index contributed by atoms with van der Waals surface area (Å²) in [6.07, 6.45) is 10.4. The number of amides is 1. The molecule has 6 nitrogen and oxygen atoms in total. The zero-order valence-corrected chi connectivity index (χ0v) is 18.2. The van der Waals surface area contributed by atoms with Crippen molar-refractivity contribution in [3.63, 3.8) is 0 Å². The second-order valence-corrected chi connectivity index (χ2v) is 8.31. The van der Waals surface area contributed by atoms with E-state index in [9.17, 15) is 4.79 Å². The highest BCUT2D eigenvalue weighted by atomic mass is 16.2. The number of nitrogens with one attached hydrogen (secondary N) is 2. The molecule has 1 aliphatic rings. The van der Waals surface area contributed by atoms with Crippen molar-refractivity contribution in [2.45, 2.75) is 32.1 Å². The van der Waals surface area contributed by atoms with Crippen LogP contribution >= 0.6 is 0 Å². The SMILES string of the molecule is CCCCNC(=O)n1ccc2c(CC3CNc4ncc(-c5cccnc5)cc43)cccc21. The number of carbonyl (C=O) groups is 1. The van der Waals surface area contributed by atoms with Crippen molar-refractivity contribution in [3.8, 4) is 11.1 Å². The van der Waals surface area contributed by atoms with Crippen molar-refractivity contribution < 1.29 is 4.79 Å². The molecule has 1 aromatic carbocycles. The third-order valence-corrected chi connectivity index (χ3v) is 6.18. The molecule has 1 atom stereocenters. The van der Waals surface area contributed by atoms with E-state index < -0.39 is 0 Å². The number of unbranched alkanes of at least 4 members (excludes halogenated alkanes) is 1. The van der Waals surface area contributed by atoms with Gasteiger partial charge >= 0.3 is 6.03 Å². The number of anilines is 1. The fraction of sp³-hybridized carbons (Fsp3) is 0.269. The van der Waals surface area contributed by atoms with Gasteiger partial charge in [-0.3, -0.25) is 9.55 Å². The highest BCUT2D eigenvalue weighted by molar-refractivity contribution is 5.93. The number of fused-ring (bicyclic) bond motifs is 2. The summed E-state index contributed by atoms with van der Waals surface area (Å²) in [4.78, 5) is 21.5. The quantitative estimate of drug-likeness (QED) is 0.416. The first-order chi connectivity index (χ1) is 15.7. The van der Waals surface area contributed by atoms with E-state index in [-0.39, 0.29) is 6.03 Å². The molecule has 0 radical (unpaired) electrons. The van der Waals surface area contributed by atoms with Crippen molar-refractivity contribution >= 4 is 22.8 Å². The van der Waals surface area contributed by atoms with Crippen LogP contribution in [-0.4, -0.2) is 33.7 Å². The van der Waals surface area contributed by atoms with Crippen LogP contribution in [0.1, 0.15) is 36.8 Å². The number of carbonyl (C=O) groups excluding carboxylic acids is 1. The molecule has 4 aromatic rings. The average molecular weight is 426 g/mol. The average Bonchev–Trinajstić information content (AvgIpc) is 3.44. The Balaban J connectivity index is 1.41. The van der Waals surface area contributed by atoms with Crippen molar-refractivity contribution in [1.29, 1.82) is 0 Å². The van der Waals surface area contributed by atoms with E-state index in [4.69, 9.17) is 0 Å². The van der Waals surface area contributed by atoms with Crippen LogP contribution in [0.2, 0.25) is 0 Å². The van der Waals surface area contributed by atoms with Crippen LogP contribution in [0.4, 0.5) is 10.6 Å². The Kier molecular flexibility index (Phi) is 5.58. The monoisotopic (exact) mass is 425 g/mol. The Morgan fingerprint density at radius 3 is 2.97 bits per heavy atom. The number of rotatable bonds is 6. The summed E-state index contributed by atoms with van der Waals surface area (Å²) in [5, 5.41) is 7.59. The summed E-state index contributed by atoms with van der Waals surface area (Å²) in [5.74, 6) is 1.28. The van der Waals surface area contributed by atoms with E-state index in [0.717, 1.165) is 53.7 Å². The Bertz CT molecular complexity index is 1250. The summed E-state index contributed by atoms with van der Waals surface area (Å²) in [5.41, 5.74) is 5.58. The molecule has 1 unspecified atom stereocenters. The molecule has 0 aliphatic carbocycles. The molecule has 2 N–H and O–H groups in total. The van der Waals surface area contributed by atoms with Gasteiger partial charge in [0.2, 0.25) is 0 Å². The predicted octanol–water partition coefficient (Wildman–Crippen LogP) is 5.21. The Labute approximate surface area is 187 Å². The molecule has 0 saturated carbocycles. The second kappa shape index (κ2) is 8.83. The number of benzene rings is 1. The fourth-order valence-corrected chi connectivity index (χ4v) is 4.45. The van der Waals surface area contributed by atoms with Crippen LogP contribution in [-0.2, 0) is 6.42 Å². The van der Waals surface area contributed by atoms with Crippen molar-refractivity contribution in [2.75, 3.05) is 18.4 Å². The molecule has 32 heavy (non-hydrogen) atoms. The van der Waals surface area contributed by atoms with Crippen LogP contribution in [0.5, 0.6) is 0 Å². The van der Waals surface area contributed by atoms with Gasteiger partial charge in [0.25, 0.3) is 0 Å². The van der Waals surface area contributed by atoms with Crippen molar-refractivity contribution in [2.24, 2.45) is 0 Å². The highest BCUT2D eigenvalue weighted by Crippen LogP contribution is 2.36. The summed E-state index contributed by atoms with van der Waals surface area (Å²) in [7, 11) is 0. The van der Waals surface area contributed by atoms with Crippen LogP contribution in [0, 0.1) is 0 Å². The van der Waals surface area contributed by atoms with Gasteiger partial charge in [0.1, 0.15) is 5.82 Å². The van der Waals surface area contributed by atoms with Crippen molar-refractivity contribution in [1.82, 2.24) is 19.9 Å². The maximum absolute atomic E-state index is 12.6.